The average Bonchev–Trinajstić information content (AvgIpc) is 2.46. The molecule has 0 spiro atoms. The number of nitrogens with one attached hydrogen (secondary N) is 1. The molecule has 118 valence electrons. The Morgan fingerprint density at radius 2 is 1.78 bits per heavy atom. The van der Waals surface area contributed by atoms with E-state index in [0.717, 1.165) is 5.39 Å². The summed E-state index contributed by atoms with van der Waals surface area (Å²) in [5.74, 6) is -0.632. The highest BCUT2D eigenvalue weighted by Gasteiger charge is 2.15. The highest BCUT2D eigenvalue weighted by molar-refractivity contribution is 6.35. The Labute approximate surface area is 148 Å². The quantitative estimate of drug-likeness (QED) is 0.674. The fourth-order valence-electron chi connectivity index (χ4n) is 2.14. The second kappa shape index (κ2) is 7.04. The molecule has 7 heteroatoms. The van der Waals surface area contributed by atoms with E-state index in [0.29, 0.717) is 21.2 Å². The van der Waals surface area contributed by atoms with Crippen molar-refractivity contribution in [3.63, 3.8) is 0 Å². The van der Waals surface area contributed by atoms with Crippen molar-refractivity contribution >= 4 is 58.1 Å². The monoisotopic (exact) mass is 368 g/mol. The van der Waals surface area contributed by atoms with Crippen molar-refractivity contribution in [3.05, 3.63) is 64.3 Å². The van der Waals surface area contributed by atoms with Gasteiger partial charge >= 0.3 is 0 Å². The molecular formula is C16H11Cl3N2O2. The zero-order chi connectivity index (χ0) is 15.7. The van der Waals surface area contributed by atoms with Crippen molar-refractivity contribution in [1.29, 1.82) is 0 Å². The molecule has 23 heavy (non-hydrogen) atoms. The van der Waals surface area contributed by atoms with Crippen molar-refractivity contribution in [2.45, 2.75) is 0 Å². The first kappa shape index (κ1) is 17.3. The minimum Gasteiger partial charge on any atom is -0.505 e. The number of phenols is 1. The van der Waals surface area contributed by atoms with Crippen molar-refractivity contribution in [2.24, 2.45) is 0 Å². The summed E-state index contributed by atoms with van der Waals surface area (Å²) >= 11 is 11.8. The number of carbonyl (C=O) groups is 1. The Kier molecular flexibility index (Phi) is 5.31. The van der Waals surface area contributed by atoms with E-state index in [9.17, 15) is 9.90 Å². The smallest absolute Gasteiger partial charge is 0.259 e. The van der Waals surface area contributed by atoms with E-state index in [-0.39, 0.29) is 23.7 Å². The summed E-state index contributed by atoms with van der Waals surface area (Å²) in [5.41, 5.74) is 0.949. The third-order valence-corrected chi connectivity index (χ3v) is 3.55. The number of hydrogen-bond acceptors (Lipinski definition) is 3. The number of benzene rings is 2. The second-order valence-electron chi connectivity index (χ2n) is 4.65. The lowest BCUT2D eigenvalue weighted by Crippen LogP contribution is -2.12. The van der Waals surface area contributed by atoms with Gasteiger partial charge in [-0.05, 0) is 30.3 Å². The van der Waals surface area contributed by atoms with E-state index in [2.05, 4.69) is 10.3 Å². The average molecular weight is 370 g/mol. The van der Waals surface area contributed by atoms with Gasteiger partial charge < -0.3 is 10.4 Å². The highest BCUT2D eigenvalue weighted by atomic mass is 35.5. The lowest BCUT2D eigenvalue weighted by molar-refractivity contribution is 0.102. The summed E-state index contributed by atoms with van der Waals surface area (Å²) < 4.78 is 0. The molecule has 2 N–H and O–H groups in total. The number of aromatic nitrogens is 1. The summed E-state index contributed by atoms with van der Waals surface area (Å²) in [7, 11) is 0. The topological polar surface area (TPSA) is 62.2 Å². The van der Waals surface area contributed by atoms with Crippen LogP contribution in [0.5, 0.6) is 5.75 Å². The predicted octanol–water partition coefficient (Wildman–Crippen LogP) is 4.92. The Morgan fingerprint density at radius 3 is 2.48 bits per heavy atom. The molecule has 1 aromatic heterocycles. The third-order valence-electron chi connectivity index (χ3n) is 3.11. The number of aromatic hydroxyl groups is 1. The highest BCUT2D eigenvalue weighted by Crippen LogP contribution is 2.28. The maximum Gasteiger partial charge on any atom is 0.259 e. The molecule has 0 aliphatic heterocycles. The lowest BCUT2D eigenvalue weighted by Gasteiger charge is -2.09. The van der Waals surface area contributed by atoms with E-state index < -0.39 is 5.91 Å². The van der Waals surface area contributed by atoms with Gasteiger partial charge in [0, 0.05) is 27.3 Å². The largest absolute Gasteiger partial charge is 0.505 e. The van der Waals surface area contributed by atoms with Gasteiger partial charge in [-0.1, -0.05) is 35.3 Å². The summed E-state index contributed by atoms with van der Waals surface area (Å²) in [4.78, 5) is 16.4. The molecule has 3 aromatic rings. The Hall–Kier alpha value is -2.01. The van der Waals surface area contributed by atoms with Crippen molar-refractivity contribution in [3.8, 4) is 5.75 Å². The Balaban J connectivity index is 0.00000192. The zero-order valence-electron chi connectivity index (χ0n) is 11.6. The molecular weight excluding hydrogens is 359 g/mol. The van der Waals surface area contributed by atoms with Crippen molar-refractivity contribution in [2.75, 3.05) is 5.32 Å². The molecule has 0 saturated carbocycles. The molecule has 0 atom stereocenters. The first-order chi connectivity index (χ1) is 10.5. The van der Waals surface area contributed by atoms with Gasteiger partial charge in [0.15, 0.2) is 5.75 Å². The van der Waals surface area contributed by atoms with Crippen LogP contribution in [0.4, 0.5) is 5.69 Å². The maximum atomic E-state index is 12.3. The number of hydrogen-bond donors (Lipinski definition) is 2. The number of halogens is 3. The number of nitrogens with zero attached hydrogens (tertiary/aromatic N) is 1. The molecule has 3 rings (SSSR count). The molecule has 2 aromatic carbocycles. The maximum absolute atomic E-state index is 12.3. The van der Waals surface area contributed by atoms with E-state index in [1.54, 1.807) is 48.7 Å². The van der Waals surface area contributed by atoms with E-state index in [1.807, 2.05) is 0 Å². The number of pyridine rings is 1. The number of carbonyl (C=O) groups excluding carboxylic acids is 1. The van der Waals surface area contributed by atoms with E-state index in [1.165, 1.54) is 0 Å². The number of rotatable bonds is 2. The van der Waals surface area contributed by atoms with Crippen LogP contribution in [0.25, 0.3) is 10.9 Å². The van der Waals surface area contributed by atoms with Crippen LogP contribution in [-0.2, 0) is 0 Å². The molecule has 1 heterocycles. The lowest BCUT2D eigenvalue weighted by atomic mass is 10.1. The summed E-state index contributed by atoms with van der Waals surface area (Å²) in [6.07, 6.45) is 1.56. The van der Waals surface area contributed by atoms with Crippen LogP contribution in [0, 0.1) is 0 Å². The van der Waals surface area contributed by atoms with Crippen molar-refractivity contribution < 1.29 is 9.90 Å². The molecule has 0 aliphatic carbocycles. The molecule has 4 nitrogen and oxygen atoms in total. The Morgan fingerprint density at radius 1 is 1.09 bits per heavy atom. The van der Waals surface area contributed by atoms with Gasteiger partial charge in [-0.2, -0.15) is 0 Å². The first-order valence-corrected chi connectivity index (χ1v) is 7.14. The normalized spacial score (nSPS) is 10.2. The van der Waals surface area contributed by atoms with Crippen LogP contribution in [0.3, 0.4) is 0 Å². The number of phenolic OH excluding ortho intramolecular Hbond substituents is 1. The van der Waals surface area contributed by atoms with Gasteiger partial charge in [-0.3, -0.25) is 9.78 Å². The van der Waals surface area contributed by atoms with Gasteiger partial charge in [0.05, 0.1) is 5.56 Å². The molecule has 0 unspecified atom stereocenters. The first-order valence-electron chi connectivity index (χ1n) is 6.39. The van der Waals surface area contributed by atoms with Crippen molar-refractivity contribution in [1.82, 2.24) is 4.98 Å². The van der Waals surface area contributed by atoms with Gasteiger partial charge in [0.1, 0.15) is 5.52 Å². The van der Waals surface area contributed by atoms with Crippen LogP contribution in [0.2, 0.25) is 10.0 Å². The molecule has 0 aliphatic rings. The second-order valence-corrected chi connectivity index (χ2v) is 5.52. The minimum atomic E-state index is -0.469. The molecule has 0 saturated heterocycles. The van der Waals surface area contributed by atoms with E-state index >= 15 is 0 Å². The Bertz CT molecular complexity index is 864. The zero-order valence-corrected chi connectivity index (χ0v) is 13.9. The van der Waals surface area contributed by atoms with E-state index in [4.69, 9.17) is 23.2 Å². The van der Waals surface area contributed by atoms with Crippen LogP contribution < -0.4 is 5.32 Å². The number of fused-ring (bicyclic) bond motifs is 1. The summed E-state index contributed by atoms with van der Waals surface area (Å²) in [6.45, 7) is 0. The summed E-state index contributed by atoms with van der Waals surface area (Å²) in [6, 6.07) is 11.5. The van der Waals surface area contributed by atoms with Crippen LogP contribution in [-0.4, -0.2) is 16.0 Å². The fraction of sp³-hybridized carbons (Fsp3) is 0. The van der Waals surface area contributed by atoms with Gasteiger partial charge in [-0.15, -0.1) is 12.4 Å². The van der Waals surface area contributed by atoms with Crippen LogP contribution in [0.1, 0.15) is 10.4 Å². The van der Waals surface area contributed by atoms with Crippen LogP contribution in [0.15, 0.2) is 48.7 Å². The van der Waals surface area contributed by atoms with Gasteiger partial charge in [-0.25, -0.2) is 0 Å². The van der Waals surface area contributed by atoms with Crippen LogP contribution >= 0.6 is 35.6 Å². The summed E-state index contributed by atoms with van der Waals surface area (Å²) in [5, 5.41) is 14.5. The molecule has 0 bridgehead atoms. The fourth-order valence-corrected chi connectivity index (χ4v) is 2.66. The molecule has 1 amide bonds. The minimum absolute atomic E-state index is 0. The third kappa shape index (κ3) is 3.67. The van der Waals surface area contributed by atoms with Gasteiger partial charge in [0.2, 0.25) is 0 Å². The predicted molar refractivity (Wildman–Crippen MR) is 95.1 cm³/mol. The number of amides is 1. The number of anilines is 1. The SMILES string of the molecule is Cl.O=C(Nc1cc(Cl)cc(Cl)c1)c1ccc2cccnc2c1O. The molecule has 0 radical (unpaired) electrons. The van der Waals surface area contributed by atoms with Gasteiger partial charge in [0.25, 0.3) is 5.91 Å². The molecule has 0 fully saturated rings. The standard InChI is InChI=1S/C16H10Cl2N2O2.ClH/c17-10-6-11(18)8-12(7-10)20-16(22)13-4-3-9-2-1-5-19-14(9)15(13)21;/h1-8,21H,(H,20,22);1H.